The van der Waals surface area contributed by atoms with Gasteiger partial charge in [-0.15, -0.1) is 0 Å². The standard InChI is InChI=1S/C18H24N2O2S/c1-14(21)23-17-9-18(22)20(13-17)12-16-7-8-19(11-16)10-15-5-3-2-4-6-15/h2-6,16-17H,7-13H2,1H3. The van der Waals surface area contributed by atoms with E-state index < -0.39 is 0 Å². The van der Waals surface area contributed by atoms with E-state index in [-0.39, 0.29) is 16.3 Å². The highest BCUT2D eigenvalue weighted by Crippen LogP contribution is 2.27. The van der Waals surface area contributed by atoms with Gasteiger partial charge in [-0.2, -0.15) is 0 Å². The van der Waals surface area contributed by atoms with Crippen molar-refractivity contribution in [3.8, 4) is 0 Å². The molecule has 0 spiro atoms. The summed E-state index contributed by atoms with van der Waals surface area (Å²) in [5.74, 6) is 0.772. The average molecular weight is 332 g/mol. The average Bonchev–Trinajstić information content (AvgIpc) is 3.07. The number of carbonyl (C=O) groups is 2. The molecule has 3 rings (SSSR count). The first-order valence-corrected chi connectivity index (χ1v) is 9.19. The third-order valence-corrected chi connectivity index (χ3v) is 5.59. The number of nitrogens with zero attached hydrogens (tertiary/aromatic N) is 2. The summed E-state index contributed by atoms with van der Waals surface area (Å²) in [4.78, 5) is 27.8. The molecule has 2 saturated heterocycles. The molecule has 2 heterocycles. The Morgan fingerprint density at radius 2 is 2.04 bits per heavy atom. The van der Waals surface area contributed by atoms with E-state index in [2.05, 4.69) is 29.2 Å². The van der Waals surface area contributed by atoms with Crippen molar-refractivity contribution in [3.05, 3.63) is 35.9 Å². The molecule has 1 aromatic carbocycles. The molecular formula is C18H24N2O2S. The summed E-state index contributed by atoms with van der Waals surface area (Å²) in [7, 11) is 0. The van der Waals surface area contributed by atoms with Crippen molar-refractivity contribution in [2.45, 2.75) is 31.6 Å². The van der Waals surface area contributed by atoms with Crippen molar-refractivity contribution in [3.63, 3.8) is 0 Å². The number of hydrogen-bond donors (Lipinski definition) is 0. The van der Waals surface area contributed by atoms with Crippen molar-refractivity contribution in [2.24, 2.45) is 5.92 Å². The molecule has 1 aromatic rings. The van der Waals surface area contributed by atoms with Crippen LogP contribution in [0.25, 0.3) is 0 Å². The van der Waals surface area contributed by atoms with E-state index in [9.17, 15) is 9.59 Å². The molecule has 0 N–H and O–H groups in total. The molecule has 1 amide bonds. The molecule has 0 bridgehead atoms. The summed E-state index contributed by atoms with van der Waals surface area (Å²) < 4.78 is 0. The van der Waals surface area contributed by atoms with Crippen LogP contribution in [0.15, 0.2) is 30.3 Å². The predicted molar refractivity (Wildman–Crippen MR) is 93.1 cm³/mol. The lowest BCUT2D eigenvalue weighted by atomic mass is 10.1. The highest BCUT2D eigenvalue weighted by Gasteiger charge is 2.33. The Bertz CT molecular complexity index is 563. The maximum Gasteiger partial charge on any atom is 0.223 e. The van der Waals surface area contributed by atoms with Crippen molar-refractivity contribution >= 4 is 22.8 Å². The molecule has 2 atom stereocenters. The fourth-order valence-corrected chi connectivity index (χ4v) is 4.53. The summed E-state index contributed by atoms with van der Waals surface area (Å²) >= 11 is 1.32. The molecule has 5 heteroatoms. The first-order chi connectivity index (χ1) is 11.1. The number of hydrogen-bond acceptors (Lipinski definition) is 4. The minimum Gasteiger partial charge on any atom is -0.341 e. The van der Waals surface area contributed by atoms with E-state index >= 15 is 0 Å². The Hall–Kier alpha value is -1.33. The van der Waals surface area contributed by atoms with Gasteiger partial charge in [-0.25, -0.2) is 0 Å². The van der Waals surface area contributed by atoms with Gasteiger partial charge in [-0.05, 0) is 24.4 Å². The van der Waals surface area contributed by atoms with E-state index in [4.69, 9.17) is 0 Å². The Morgan fingerprint density at radius 1 is 1.26 bits per heavy atom. The van der Waals surface area contributed by atoms with Crippen molar-refractivity contribution in [2.75, 3.05) is 26.2 Å². The zero-order valence-corrected chi connectivity index (χ0v) is 14.4. The van der Waals surface area contributed by atoms with Crippen LogP contribution in [-0.2, 0) is 16.1 Å². The first kappa shape index (κ1) is 16.5. The van der Waals surface area contributed by atoms with Gasteiger partial charge >= 0.3 is 0 Å². The third-order valence-electron chi connectivity index (χ3n) is 4.61. The van der Waals surface area contributed by atoms with Gasteiger partial charge in [0.2, 0.25) is 5.91 Å². The van der Waals surface area contributed by atoms with E-state index in [1.165, 1.54) is 17.3 Å². The zero-order valence-electron chi connectivity index (χ0n) is 13.6. The second kappa shape index (κ2) is 7.49. The topological polar surface area (TPSA) is 40.6 Å². The van der Waals surface area contributed by atoms with E-state index in [1.54, 1.807) is 6.92 Å². The molecule has 0 saturated carbocycles. The van der Waals surface area contributed by atoms with Gasteiger partial charge in [-0.1, -0.05) is 42.1 Å². The molecule has 0 radical (unpaired) electrons. The third kappa shape index (κ3) is 4.58. The Kier molecular flexibility index (Phi) is 5.38. The smallest absolute Gasteiger partial charge is 0.223 e. The van der Waals surface area contributed by atoms with Crippen LogP contribution in [0.3, 0.4) is 0 Å². The van der Waals surface area contributed by atoms with Crippen molar-refractivity contribution in [1.29, 1.82) is 0 Å². The second-order valence-electron chi connectivity index (χ2n) is 6.61. The van der Waals surface area contributed by atoms with Crippen LogP contribution < -0.4 is 0 Å². The lowest BCUT2D eigenvalue weighted by Gasteiger charge is -2.21. The molecule has 4 nitrogen and oxygen atoms in total. The van der Waals surface area contributed by atoms with Gasteiger partial charge in [0.05, 0.1) is 0 Å². The Balaban J connectivity index is 1.46. The lowest BCUT2D eigenvalue weighted by molar-refractivity contribution is -0.128. The maximum absolute atomic E-state index is 12.1. The quantitative estimate of drug-likeness (QED) is 0.830. The molecule has 0 aliphatic carbocycles. The van der Waals surface area contributed by atoms with Gasteiger partial charge < -0.3 is 4.90 Å². The van der Waals surface area contributed by atoms with E-state index in [1.807, 2.05) is 11.0 Å². The lowest BCUT2D eigenvalue weighted by Crippen LogP contribution is -2.32. The van der Waals surface area contributed by atoms with Crippen LogP contribution in [0.5, 0.6) is 0 Å². The van der Waals surface area contributed by atoms with E-state index in [0.717, 1.165) is 39.1 Å². The van der Waals surface area contributed by atoms with Crippen LogP contribution in [0, 0.1) is 5.92 Å². The molecule has 2 aliphatic rings. The Labute approximate surface area is 142 Å². The highest BCUT2D eigenvalue weighted by atomic mass is 32.2. The predicted octanol–water partition coefficient (Wildman–Crippen LogP) is 2.39. The highest BCUT2D eigenvalue weighted by molar-refractivity contribution is 8.14. The van der Waals surface area contributed by atoms with Gasteiger partial charge in [-0.3, -0.25) is 14.5 Å². The zero-order chi connectivity index (χ0) is 16.2. The second-order valence-corrected chi connectivity index (χ2v) is 8.09. The van der Waals surface area contributed by atoms with Crippen LogP contribution >= 0.6 is 11.8 Å². The van der Waals surface area contributed by atoms with Crippen LogP contribution in [0.4, 0.5) is 0 Å². The first-order valence-electron chi connectivity index (χ1n) is 8.31. The summed E-state index contributed by atoms with van der Waals surface area (Å²) in [6.07, 6.45) is 1.67. The van der Waals surface area contributed by atoms with Crippen LogP contribution in [-0.4, -0.2) is 52.3 Å². The Morgan fingerprint density at radius 3 is 2.78 bits per heavy atom. The monoisotopic (exact) mass is 332 g/mol. The van der Waals surface area contributed by atoms with Crippen LogP contribution in [0.1, 0.15) is 25.3 Å². The molecule has 23 heavy (non-hydrogen) atoms. The van der Waals surface area contributed by atoms with Crippen molar-refractivity contribution < 1.29 is 9.59 Å². The molecular weight excluding hydrogens is 308 g/mol. The molecule has 2 aliphatic heterocycles. The summed E-state index contributed by atoms with van der Waals surface area (Å²) in [5, 5.41) is 0.265. The van der Waals surface area contributed by atoms with E-state index in [0.29, 0.717) is 12.3 Å². The number of carbonyl (C=O) groups excluding carboxylic acids is 2. The normalized spacial score (nSPS) is 25.3. The van der Waals surface area contributed by atoms with Crippen molar-refractivity contribution in [1.82, 2.24) is 9.80 Å². The van der Waals surface area contributed by atoms with Gasteiger partial charge in [0.1, 0.15) is 0 Å². The fourth-order valence-electron chi connectivity index (χ4n) is 3.58. The molecule has 124 valence electrons. The molecule has 2 fully saturated rings. The number of likely N-dealkylation sites (tertiary alicyclic amines) is 2. The molecule has 0 aromatic heterocycles. The van der Waals surface area contributed by atoms with Crippen LogP contribution in [0.2, 0.25) is 0 Å². The SMILES string of the molecule is CC(=O)SC1CC(=O)N(CC2CCN(Cc3ccccc3)C2)C1. The van der Waals surface area contributed by atoms with Gasteiger partial charge in [0, 0.05) is 44.8 Å². The summed E-state index contributed by atoms with van der Waals surface area (Å²) in [6.45, 7) is 6.32. The summed E-state index contributed by atoms with van der Waals surface area (Å²) in [6, 6.07) is 10.5. The van der Waals surface area contributed by atoms with Gasteiger partial charge in [0.15, 0.2) is 5.12 Å². The maximum atomic E-state index is 12.1. The number of benzene rings is 1. The number of amides is 1. The number of rotatable bonds is 5. The minimum absolute atomic E-state index is 0.111. The van der Waals surface area contributed by atoms with Gasteiger partial charge in [0.25, 0.3) is 0 Å². The molecule has 2 unspecified atom stereocenters. The fraction of sp³-hybridized carbons (Fsp3) is 0.556. The largest absolute Gasteiger partial charge is 0.341 e. The number of thioether (sulfide) groups is 1. The minimum atomic E-state index is 0.111. The summed E-state index contributed by atoms with van der Waals surface area (Å²) in [5.41, 5.74) is 1.35.